The topological polar surface area (TPSA) is 99.4 Å². The molecule has 1 amide bonds. The molecule has 18 heavy (non-hydrogen) atoms. The van der Waals surface area contributed by atoms with Crippen molar-refractivity contribution in [3.05, 3.63) is 6.07 Å². The number of nitrogens with one attached hydrogen (secondary N) is 1. The van der Waals surface area contributed by atoms with Crippen molar-refractivity contribution in [3.8, 4) is 24.1 Å². The smallest absolute Gasteiger partial charge is 0.244 e. The maximum absolute atomic E-state index is 11.6. The molecule has 0 spiro atoms. The molecule has 0 aliphatic carbocycles. The van der Waals surface area contributed by atoms with Gasteiger partial charge in [0.25, 0.3) is 0 Å². The molecule has 1 unspecified atom stereocenters. The van der Waals surface area contributed by atoms with E-state index < -0.39 is 11.9 Å². The van der Waals surface area contributed by atoms with Crippen molar-refractivity contribution < 1.29 is 14.3 Å². The maximum atomic E-state index is 11.6. The van der Waals surface area contributed by atoms with Gasteiger partial charge in [-0.15, -0.1) is 12.3 Å². The minimum atomic E-state index is -0.809. The second-order valence-corrected chi connectivity index (χ2v) is 3.28. The summed E-state index contributed by atoms with van der Waals surface area (Å²) in [7, 11) is 2.88. The van der Waals surface area contributed by atoms with Crippen molar-refractivity contribution in [2.75, 3.05) is 19.5 Å². The van der Waals surface area contributed by atoms with Crippen LogP contribution in [0, 0.1) is 12.3 Å². The Morgan fingerprint density at radius 2 is 2.06 bits per heavy atom. The number of carbonyl (C=O) groups is 1. The van der Waals surface area contributed by atoms with Crippen LogP contribution in [0.15, 0.2) is 6.07 Å². The SMILES string of the molecule is C#CCC(N)C(=O)Nc1nc(OC)cc(OC)n1. The van der Waals surface area contributed by atoms with E-state index in [9.17, 15) is 4.79 Å². The Balaban J connectivity index is 2.84. The van der Waals surface area contributed by atoms with Crippen molar-refractivity contribution in [3.63, 3.8) is 0 Å². The zero-order valence-corrected chi connectivity index (χ0v) is 10.1. The zero-order chi connectivity index (χ0) is 13.5. The van der Waals surface area contributed by atoms with Crippen molar-refractivity contribution in [1.29, 1.82) is 0 Å². The van der Waals surface area contributed by atoms with Crippen LogP contribution in [0.3, 0.4) is 0 Å². The summed E-state index contributed by atoms with van der Waals surface area (Å²) in [6.07, 6.45) is 5.20. The highest BCUT2D eigenvalue weighted by Gasteiger charge is 2.14. The number of anilines is 1. The lowest BCUT2D eigenvalue weighted by Gasteiger charge is -2.10. The van der Waals surface area contributed by atoms with Crippen molar-refractivity contribution in [1.82, 2.24) is 9.97 Å². The van der Waals surface area contributed by atoms with E-state index in [0.29, 0.717) is 0 Å². The Morgan fingerprint density at radius 3 is 2.50 bits per heavy atom. The van der Waals surface area contributed by atoms with Gasteiger partial charge in [0.2, 0.25) is 23.6 Å². The van der Waals surface area contributed by atoms with Gasteiger partial charge in [0.1, 0.15) is 0 Å². The molecule has 0 aliphatic rings. The van der Waals surface area contributed by atoms with Crippen LogP contribution in [0.1, 0.15) is 6.42 Å². The third-order valence-electron chi connectivity index (χ3n) is 2.01. The number of aromatic nitrogens is 2. The van der Waals surface area contributed by atoms with Crippen LogP contribution in [-0.2, 0) is 4.79 Å². The van der Waals surface area contributed by atoms with Crippen LogP contribution in [0.25, 0.3) is 0 Å². The highest BCUT2D eigenvalue weighted by molar-refractivity contribution is 5.93. The Kier molecular flexibility index (Phi) is 4.90. The molecule has 1 aromatic rings. The first-order valence-electron chi connectivity index (χ1n) is 5.07. The van der Waals surface area contributed by atoms with Crippen LogP contribution < -0.4 is 20.5 Å². The molecule has 7 nitrogen and oxygen atoms in total. The molecule has 0 saturated heterocycles. The van der Waals surface area contributed by atoms with Crippen LogP contribution in [0.4, 0.5) is 5.95 Å². The molecular weight excluding hydrogens is 236 g/mol. The Bertz CT molecular complexity index is 448. The van der Waals surface area contributed by atoms with Crippen molar-refractivity contribution >= 4 is 11.9 Å². The summed E-state index contributed by atoms with van der Waals surface area (Å²) in [5.41, 5.74) is 5.54. The molecule has 3 N–H and O–H groups in total. The summed E-state index contributed by atoms with van der Waals surface area (Å²) in [5.74, 6) is 2.41. The number of hydrogen-bond acceptors (Lipinski definition) is 6. The minimum absolute atomic E-state index is 0.0451. The van der Waals surface area contributed by atoms with Crippen molar-refractivity contribution in [2.24, 2.45) is 5.73 Å². The zero-order valence-electron chi connectivity index (χ0n) is 10.1. The predicted molar refractivity (Wildman–Crippen MR) is 65.2 cm³/mol. The number of amides is 1. The van der Waals surface area contributed by atoms with E-state index in [1.807, 2.05) is 0 Å². The third kappa shape index (κ3) is 3.61. The number of ether oxygens (including phenoxy) is 2. The van der Waals surface area contributed by atoms with E-state index in [2.05, 4.69) is 21.2 Å². The highest BCUT2D eigenvalue weighted by Crippen LogP contribution is 2.17. The highest BCUT2D eigenvalue weighted by atomic mass is 16.5. The summed E-state index contributed by atoms with van der Waals surface area (Å²) in [4.78, 5) is 19.5. The largest absolute Gasteiger partial charge is 0.481 e. The average Bonchev–Trinajstić information content (AvgIpc) is 2.38. The van der Waals surface area contributed by atoms with Gasteiger partial charge in [0.05, 0.1) is 26.3 Å². The summed E-state index contributed by atoms with van der Waals surface area (Å²) in [6, 6.07) is 0.674. The molecule has 1 aromatic heterocycles. The molecule has 1 atom stereocenters. The number of methoxy groups -OCH3 is 2. The molecular formula is C11H14N4O3. The molecule has 1 heterocycles. The third-order valence-corrected chi connectivity index (χ3v) is 2.01. The molecule has 0 aromatic carbocycles. The average molecular weight is 250 g/mol. The van der Waals surface area contributed by atoms with Gasteiger partial charge in [-0.3, -0.25) is 10.1 Å². The Hall–Kier alpha value is -2.33. The standard InChI is InChI=1S/C11H14N4O3/c1-4-5-7(12)10(16)15-11-13-8(17-2)6-9(14-11)18-3/h1,6-7H,5,12H2,2-3H3,(H,13,14,15,16). The fraction of sp³-hybridized carbons (Fsp3) is 0.364. The number of nitrogens with zero attached hydrogens (tertiary/aromatic N) is 2. The maximum Gasteiger partial charge on any atom is 0.244 e. The lowest BCUT2D eigenvalue weighted by atomic mass is 10.2. The molecule has 0 saturated carbocycles. The molecule has 0 bridgehead atoms. The molecule has 0 fully saturated rings. The van der Waals surface area contributed by atoms with E-state index in [-0.39, 0.29) is 24.1 Å². The second kappa shape index (κ2) is 6.42. The van der Waals surface area contributed by atoms with Gasteiger partial charge in [0, 0.05) is 6.42 Å². The van der Waals surface area contributed by atoms with Crippen LogP contribution in [0.5, 0.6) is 11.8 Å². The number of nitrogens with two attached hydrogens (primary N) is 1. The van der Waals surface area contributed by atoms with Crippen LogP contribution >= 0.6 is 0 Å². The summed E-state index contributed by atoms with van der Waals surface area (Å²) in [6.45, 7) is 0. The van der Waals surface area contributed by atoms with Gasteiger partial charge in [-0.05, 0) is 0 Å². The lowest BCUT2D eigenvalue weighted by molar-refractivity contribution is -0.117. The van der Waals surface area contributed by atoms with Crippen LogP contribution in [-0.4, -0.2) is 36.1 Å². The quantitative estimate of drug-likeness (QED) is 0.701. The first-order valence-corrected chi connectivity index (χ1v) is 5.07. The van der Waals surface area contributed by atoms with Gasteiger partial charge < -0.3 is 15.2 Å². The molecule has 96 valence electrons. The predicted octanol–water partition coefficient (Wildman–Crippen LogP) is -0.217. The first-order chi connectivity index (χ1) is 8.60. The number of terminal acetylenes is 1. The van der Waals surface area contributed by atoms with E-state index in [1.54, 1.807) is 0 Å². The fourth-order valence-corrected chi connectivity index (χ4v) is 1.09. The van der Waals surface area contributed by atoms with Gasteiger partial charge in [-0.25, -0.2) is 0 Å². The van der Waals surface area contributed by atoms with Crippen LogP contribution in [0.2, 0.25) is 0 Å². The molecule has 1 rings (SSSR count). The van der Waals surface area contributed by atoms with E-state index in [4.69, 9.17) is 21.6 Å². The summed E-state index contributed by atoms with van der Waals surface area (Å²) in [5, 5.41) is 2.43. The van der Waals surface area contributed by atoms with Crippen molar-refractivity contribution in [2.45, 2.75) is 12.5 Å². The molecule has 7 heteroatoms. The Morgan fingerprint density at radius 1 is 1.50 bits per heavy atom. The molecule has 0 aliphatic heterocycles. The number of carbonyl (C=O) groups excluding carboxylic acids is 1. The van der Waals surface area contributed by atoms with Gasteiger partial charge >= 0.3 is 0 Å². The molecule has 0 radical (unpaired) electrons. The number of hydrogen-bond donors (Lipinski definition) is 2. The normalized spacial score (nSPS) is 11.2. The summed E-state index contributed by atoms with van der Waals surface area (Å²) < 4.78 is 9.88. The Labute approximate surface area is 105 Å². The van der Waals surface area contributed by atoms with E-state index >= 15 is 0 Å². The van der Waals surface area contributed by atoms with E-state index in [1.165, 1.54) is 20.3 Å². The lowest BCUT2D eigenvalue weighted by Crippen LogP contribution is -2.35. The monoisotopic (exact) mass is 250 g/mol. The fourth-order valence-electron chi connectivity index (χ4n) is 1.09. The van der Waals surface area contributed by atoms with Gasteiger partial charge in [-0.2, -0.15) is 9.97 Å². The van der Waals surface area contributed by atoms with E-state index in [0.717, 1.165) is 0 Å². The van der Waals surface area contributed by atoms with Gasteiger partial charge in [0.15, 0.2) is 0 Å². The number of rotatable bonds is 5. The first kappa shape index (κ1) is 13.7. The summed E-state index contributed by atoms with van der Waals surface area (Å²) >= 11 is 0. The minimum Gasteiger partial charge on any atom is -0.481 e. The second-order valence-electron chi connectivity index (χ2n) is 3.28. The van der Waals surface area contributed by atoms with Gasteiger partial charge in [-0.1, -0.05) is 0 Å².